The highest BCUT2D eigenvalue weighted by Crippen LogP contribution is 2.32. The summed E-state index contributed by atoms with van der Waals surface area (Å²) >= 11 is 0. The van der Waals surface area contributed by atoms with Crippen LogP contribution in [-0.4, -0.2) is 52.6 Å². The SMILES string of the molecule is COc1cc(CN(C)C)cc(-c2cnc3nc(-c4cccc(C(F)(F)F)c4)n(CC(=O)NC(C)C)c(=O)c3c2)c1. The summed E-state index contributed by atoms with van der Waals surface area (Å²) in [4.78, 5) is 37.4. The average Bonchev–Trinajstić information content (AvgIpc) is 2.88. The molecule has 0 aliphatic carbocycles. The molecule has 40 heavy (non-hydrogen) atoms. The fourth-order valence-corrected chi connectivity index (χ4v) is 4.38. The highest BCUT2D eigenvalue weighted by molar-refractivity contribution is 5.83. The fourth-order valence-electron chi connectivity index (χ4n) is 4.38. The summed E-state index contributed by atoms with van der Waals surface area (Å²) in [5.74, 6) is 0.0735. The molecule has 0 unspecified atom stereocenters. The third kappa shape index (κ3) is 6.48. The number of aromatic nitrogens is 3. The second-order valence-electron chi connectivity index (χ2n) is 10.0. The maximum atomic E-state index is 13.8. The lowest BCUT2D eigenvalue weighted by Crippen LogP contribution is -2.37. The fraction of sp³-hybridized carbons (Fsp3) is 0.310. The minimum Gasteiger partial charge on any atom is -0.497 e. The predicted octanol–water partition coefficient (Wildman–Crippen LogP) is 4.74. The molecule has 4 rings (SSSR count). The van der Waals surface area contributed by atoms with Gasteiger partial charge in [-0.1, -0.05) is 12.1 Å². The van der Waals surface area contributed by atoms with E-state index in [0.29, 0.717) is 17.9 Å². The van der Waals surface area contributed by atoms with Gasteiger partial charge in [0.2, 0.25) is 5.91 Å². The molecular weight excluding hydrogens is 523 g/mol. The van der Waals surface area contributed by atoms with E-state index in [1.54, 1.807) is 33.2 Å². The van der Waals surface area contributed by atoms with Gasteiger partial charge in [-0.25, -0.2) is 9.97 Å². The zero-order valence-electron chi connectivity index (χ0n) is 22.8. The maximum absolute atomic E-state index is 13.8. The lowest BCUT2D eigenvalue weighted by atomic mass is 10.0. The standard InChI is InChI=1S/C29H30F3N5O3/c1-17(2)34-25(38)16-37-27(19-7-6-8-22(11-19)29(30,31)32)35-26-24(28(37)39)13-21(14-33-26)20-9-18(15-36(3)4)10-23(12-20)40-5/h6-14,17H,15-16H2,1-5H3,(H,34,38). The summed E-state index contributed by atoms with van der Waals surface area (Å²) in [5.41, 5.74) is 0.970. The Kier molecular flexibility index (Phi) is 8.24. The number of methoxy groups -OCH3 is 1. The van der Waals surface area contributed by atoms with Crippen molar-refractivity contribution in [2.75, 3.05) is 21.2 Å². The molecule has 4 aromatic rings. The molecule has 0 fully saturated rings. The van der Waals surface area contributed by atoms with Gasteiger partial charge in [0.05, 0.1) is 18.1 Å². The van der Waals surface area contributed by atoms with Gasteiger partial charge in [0, 0.05) is 29.9 Å². The molecule has 0 saturated carbocycles. The van der Waals surface area contributed by atoms with Gasteiger partial charge in [-0.2, -0.15) is 13.2 Å². The summed E-state index contributed by atoms with van der Waals surface area (Å²) in [5, 5.41) is 2.84. The van der Waals surface area contributed by atoms with Gasteiger partial charge < -0.3 is 15.0 Å². The number of benzene rings is 2. The number of carbonyl (C=O) groups is 1. The van der Waals surface area contributed by atoms with Crippen molar-refractivity contribution >= 4 is 16.9 Å². The predicted molar refractivity (Wildman–Crippen MR) is 147 cm³/mol. The van der Waals surface area contributed by atoms with Crippen molar-refractivity contribution in [3.8, 4) is 28.3 Å². The zero-order valence-corrected chi connectivity index (χ0v) is 22.8. The molecule has 0 atom stereocenters. The van der Waals surface area contributed by atoms with Gasteiger partial charge in [-0.15, -0.1) is 0 Å². The summed E-state index contributed by atoms with van der Waals surface area (Å²) in [6.45, 7) is 3.76. The number of rotatable bonds is 8. The van der Waals surface area contributed by atoms with E-state index in [-0.39, 0.29) is 28.5 Å². The van der Waals surface area contributed by atoms with Gasteiger partial charge in [-0.05, 0) is 75.5 Å². The number of halogens is 3. The molecule has 2 heterocycles. The van der Waals surface area contributed by atoms with Crippen molar-refractivity contribution in [3.63, 3.8) is 0 Å². The lowest BCUT2D eigenvalue weighted by molar-refractivity contribution is -0.137. The Hall–Kier alpha value is -4.25. The van der Waals surface area contributed by atoms with Gasteiger partial charge in [0.15, 0.2) is 5.65 Å². The van der Waals surface area contributed by atoms with Gasteiger partial charge in [0.1, 0.15) is 18.1 Å². The number of hydrogen-bond donors (Lipinski definition) is 1. The Labute approximate surface area is 229 Å². The Morgan fingerprint density at radius 1 is 1.07 bits per heavy atom. The Bertz CT molecular complexity index is 1610. The summed E-state index contributed by atoms with van der Waals surface area (Å²) in [6, 6.07) is 11.6. The Balaban J connectivity index is 1.91. The first-order valence-corrected chi connectivity index (χ1v) is 12.6. The summed E-state index contributed by atoms with van der Waals surface area (Å²) < 4.78 is 46.9. The van der Waals surface area contributed by atoms with Crippen molar-refractivity contribution in [1.82, 2.24) is 24.8 Å². The van der Waals surface area contributed by atoms with Gasteiger partial charge >= 0.3 is 6.18 Å². The molecule has 1 amide bonds. The lowest BCUT2D eigenvalue weighted by Gasteiger charge is -2.16. The van der Waals surface area contributed by atoms with Crippen LogP contribution in [0.2, 0.25) is 0 Å². The van der Waals surface area contributed by atoms with Crippen molar-refractivity contribution < 1.29 is 22.7 Å². The molecule has 8 nitrogen and oxygen atoms in total. The first kappa shape index (κ1) is 28.8. The number of amides is 1. The third-order valence-electron chi connectivity index (χ3n) is 6.04. The van der Waals surface area contributed by atoms with E-state index >= 15 is 0 Å². The number of nitrogens with one attached hydrogen (secondary N) is 1. The van der Waals surface area contributed by atoms with E-state index in [9.17, 15) is 22.8 Å². The van der Waals surface area contributed by atoms with Crippen LogP contribution < -0.4 is 15.6 Å². The van der Waals surface area contributed by atoms with Gasteiger partial charge in [-0.3, -0.25) is 14.2 Å². The van der Waals surface area contributed by atoms with Crippen LogP contribution in [0.4, 0.5) is 13.2 Å². The van der Waals surface area contributed by atoms with Crippen LogP contribution in [0.5, 0.6) is 5.75 Å². The molecule has 0 bridgehead atoms. The van der Waals surface area contributed by atoms with Gasteiger partial charge in [0.25, 0.3) is 5.56 Å². The van der Waals surface area contributed by atoms with Crippen LogP contribution in [0.3, 0.4) is 0 Å². The van der Waals surface area contributed by atoms with E-state index in [0.717, 1.165) is 27.8 Å². The second-order valence-corrected chi connectivity index (χ2v) is 10.0. The van der Waals surface area contributed by atoms with Crippen LogP contribution in [0.25, 0.3) is 33.5 Å². The van der Waals surface area contributed by atoms with E-state index in [1.165, 1.54) is 12.1 Å². The molecule has 0 aliphatic heterocycles. The molecule has 210 valence electrons. The Morgan fingerprint density at radius 3 is 2.48 bits per heavy atom. The largest absolute Gasteiger partial charge is 0.497 e. The van der Waals surface area contributed by atoms with Crippen molar-refractivity contribution in [2.24, 2.45) is 0 Å². The highest BCUT2D eigenvalue weighted by atomic mass is 19.4. The zero-order chi connectivity index (χ0) is 29.2. The van der Waals surface area contributed by atoms with Crippen LogP contribution in [0, 0.1) is 0 Å². The second kappa shape index (κ2) is 11.5. The summed E-state index contributed by atoms with van der Waals surface area (Å²) in [7, 11) is 5.46. The monoisotopic (exact) mass is 553 g/mol. The third-order valence-corrected chi connectivity index (χ3v) is 6.04. The molecule has 0 spiro atoms. The number of fused-ring (bicyclic) bond motifs is 1. The average molecular weight is 554 g/mol. The van der Waals surface area contributed by atoms with Crippen molar-refractivity contribution in [3.05, 3.63) is 76.2 Å². The summed E-state index contributed by atoms with van der Waals surface area (Å²) in [6.07, 6.45) is -3.04. The van der Waals surface area contributed by atoms with Crippen LogP contribution in [0.15, 0.2) is 59.5 Å². The van der Waals surface area contributed by atoms with Crippen LogP contribution >= 0.6 is 0 Å². The molecule has 0 saturated heterocycles. The number of ether oxygens (including phenoxy) is 1. The molecule has 11 heteroatoms. The first-order valence-electron chi connectivity index (χ1n) is 12.6. The molecule has 1 N–H and O–H groups in total. The molecule has 0 aliphatic rings. The number of pyridine rings is 1. The van der Waals surface area contributed by atoms with E-state index in [1.807, 2.05) is 37.2 Å². The number of nitrogens with zero attached hydrogens (tertiary/aromatic N) is 4. The highest BCUT2D eigenvalue weighted by Gasteiger charge is 2.31. The van der Waals surface area contributed by atoms with Crippen molar-refractivity contribution in [1.29, 1.82) is 0 Å². The van der Waals surface area contributed by atoms with Crippen LogP contribution in [0.1, 0.15) is 25.0 Å². The topological polar surface area (TPSA) is 89.3 Å². The van der Waals surface area contributed by atoms with Crippen LogP contribution in [-0.2, 0) is 24.1 Å². The Morgan fingerprint density at radius 2 is 1.82 bits per heavy atom. The minimum atomic E-state index is -4.59. The van der Waals surface area contributed by atoms with E-state index in [2.05, 4.69) is 15.3 Å². The normalized spacial score (nSPS) is 11.8. The van der Waals surface area contributed by atoms with E-state index in [4.69, 9.17) is 4.74 Å². The molecule has 0 radical (unpaired) electrons. The van der Waals surface area contributed by atoms with E-state index < -0.39 is 29.8 Å². The number of carbonyl (C=O) groups excluding carboxylic acids is 1. The molecular formula is C29H30F3N5O3. The quantitative estimate of drug-likeness (QED) is 0.339. The van der Waals surface area contributed by atoms with Crippen molar-refractivity contribution in [2.45, 2.75) is 39.2 Å². The molecule has 2 aromatic carbocycles. The smallest absolute Gasteiger partial charge is 0.416 e. The maximum Gasteiger partial charge on any atom is 0.416 e. The minimum absolute atomic E-state index is 0.0400. The molecule has 2 aromatic heterocycles. The number of alkyl halides is 3. The number of hydrogen-bond acceptors (Lipinski definition) is 6. The first-order chi connectivity index (χ1) is 18.8.